The van der Waals surface area contributed by atoms with Gasteiger partial charge in [0.25, 0.3) is 5.91 Å². The Labute approximate surface area is 161 Å². The average molecular weight is 384 g/mol. The highest BCUT2D eigenvalue weighted by atomic mass is 16.6. The van der Waals surface area contributed by atoms with E-state index in [1.54, 1.807) is 48.5 Å². The molecule has 0 unspecified atom stereocenters. The number of ether oxygens (including phenoxy) is 2. The van der Waals surface area contributed by atoms with Crippen LogP contribution in [0.15, 0.2) is 48.5 Å². The van der Waals surface area contributed by atoms with Crippen LogP contribution in [0.4, 0.5) is 11.4 Å². The quantitative estimate of drug-likeness (QED) is 0.534. The fourth-order valence-electron chi connectivity index (χ4n) is 2.15. The lowest BCUT2D eigenvalue weighted by atomic mass is 10.1. The van der Waals surface area contributed by atoms with Gasteiger partial charge in [-0.3, -0.25) is 14.4 Å². The molecule has 0 radical (unpaired) electrons. The van der Waals surface area contributed by atoms with E-state index in [9.17, 15) is 19.2 Å². The molecule has 0 bridgehead atoms. The molecule has 0 atom stereocenters. The van der Waals surface area contributed by atoms with E-state index in [4.69, 9.17) is 9.47 Å². The Bertz CT molecular complexity index is 859. The molecule has 8 heteroatoms. The van der Waals surface area contributed by atoms with Crippen LogP contribution in [0.2, 0.25) is 0 Å². The molecule has 0 saturated carbocycles. The Balaban J connectivity index is 1.72. The van der Waals surface area contributed by atoms with E-state index in [1.165, 1.54) is 13.8 Å². The molecule has 2 aromatic rings. The highest BCUT2D eigenvalue weighted by Gasteiger charge is 2.09. The number of hydrogen-bond acceptors (Lipinski definition) is 6. The molecule has 0 saturated heterocycles. The number of rotatable bonds is 8. The first kappa shape index (κ1) is 20.6. The second kappa shape index (κ2) is 9.86. The van der Waals surface area contributed by atoms with E-state index in [2.05, 4.69) is 10.6 Å². The molecule has 8 nitrogen and oxygen atoms in total. The number of carbonyl (C=O) groups excluding carboxylic acids is 4. The summed E-state index contributed by atoms with van der Waals surface area (Å²) in [7, 11) is 0. The molecule has 0 aromatic heterocycles. The highest BCUT2D eigenvalue weighted by Crippen LogP contribution is 2.14. The SMILES string of the molecule is CC(=O)Nc1ccc(NC(=O)COC(=O)COc2ccc(C(C)=O)cc2)cc1. The van der Waals surface area contributed by atoms with Gasteiger partial charge in [0.1, 0.15) is 5.75 Å². The van der Waals surface area contributed by atoms with Crippen LogP contribution in [-0.2, 0) is 19.1 Å². The van der Waals surface area contributed by atoms with E-state index in [1.807, 2.05) is 0 Å². The number of benzene rings is 2. The van der Waals surface area contributed by atoms with Gasteiger partial charge in [-0.25, -0.2) is 4.79 Å². The summed E-state index contributed by atoms with van der Waals surface area (Å²) in [6.45, 7) is 2.03. The van der Waals surface area contributed by atoms with Gasteiger partial charge in [-0.05, 0) is 55.5 Å². The summed E-state index contributed by atoms with van der Waals surface area (Å²) < 4.78 is 10.1. The average Bonchev–Trinajstić information content (AvgIpc) is 2.66. The van der Waals surface area contributed by atoms with Crippen molar-refractivity contribution in [1.29, 1.82) is 0 Å². The molecule has 2 rings (SSSR count). The number of ketones is 1. The summed E-state index contributed by atoms with van der Waals surface area (Å²) in [6, 6.07) is 12.8. The van der Waals surface area contributed by atoms with Crippen molar-refractivity contribution in [3.05, 3.63) is 54.1 Å². The standard InChI is InChI=1S/C20H20N2O6/c1-13(23)15-3-9-18(10-4-15)27-12-20(26)28-11-19(25)22-17-7-5-16(6-8-17)21-14(2)24/h3-10H,11-12H2,1-2H3,(H,21,24)(H,22,25). The lowest BCUT2D eigenvalue weighted by Crippen LogP contribution is -2.23. The fourth-order valence-corrected chi connectivity index (χ4v) is 2.15. The third-order valence-corrected chi connectivity index (χ3v) is 3.47. The van der Waals surface area contributed by atoms with Gasteiger partial charge in [-0.2, -0.15) is 0 Å². The lowest BCUT2D eigenvalue weighted by Gasteiger charge is -2.09. The van der Waals surface area contributed by atoms with Gasteiger partial charge < -0.3 is 20.1 Å². The predicted molar refractivity (Wildman–Crippen MR) is 102 cm³/mol. The van der Waals surface area contributed by atoms with Gasteiger partial charge in [0.15, 0.2) is 19.0 Å². The number of carbonyl (C=O) groups is 4. The van der Waals surface area contributed by atoms with Crippen molar-refractivity contribution in [1.82, 2.24) is 0 Å². The van der Waals surface area contributed by atoms with Gasteiger partial charge in [0.05, 0.1) is 0 Å². The van der Waals surface area contributed by atoms with Crippen LogP contribution in [0.25, 0.3) is 0 Å². The molecule has 0 aliphatic carbocycles. The van der Waals surface area contributed by atoms with E-state index in [-0.39, 0.29) is 18.3 Å². The topological polar surface area (TPSA) is 111 Å². The summed E-state index contributed by atoms with van der Waals surface area (Å²) in [5.74, 6) is -1.06. The Kier molecular flexibility index (Phi) is 7.27. The van der Waals surface area contributed by atoms with Crippen LogP contribution in [0.1, 0.15) is 24.2 Å². The van der Waals surface area contributed by atoms with Crippen molar-refractivity contribution in [2.75, 3.05) is 23.8 Å². The lowest BCUT2D eigenvalue weighted by molar-refractivity contribution is -0.149. The molecule has 28 heavy (non-hydrogen) atoms. The first-order chi connectivity index (χ1) is 13.3. The smallest absolute Gasteiger partial charge is 0.344 e. The Morgan fingerprint density at radius 3 is 1.89 bits per heavy atom. The second-order valence-electron chi connectivity index (χ2n) is 5.84. The molecule has 0 fully saturated rings. The van der Waals surface area contributed by atoms with E-state index >= 15 is 0 Å². The molecule has 146 valence electrons. The highest BCUT2D eigenvalue weighted by molar-refractivity contribution is 5.94. The van der Waals surface area contributed by atoms with E-state index in [0.717, 1.165) is 0 Å². The van der Waals surface area contributed by atoms with Crippen LogP contribution in [0, 0.1) is 0 Å². The largest absolute Gasteiger partial charge is 0.482 e. The Hall–Kier alpha value is -3.68. The molecule has 0 aliphatic rings. The van der Waals surface area contributed by atoms with Gasteiger partial charge >= 0.3 is 5.97 Å². The van der Waals surface area contributed by atoms with E-state index in [0.29, 0.717) is 22.7 Å². The number of anilines is 2. The molecular weight excluding hydrogens is 364 g/mol. The van der Waals surface area contributed by atoms with Crippen molar-refractivity contribution >= 4 is 34.9 Å². The summed E-state index contributed by atoms with van der Waals surface area (Å²) in [4.78, 5) is 45.6. The zero-order valence-corrected chi connectivity index (χ0v) is 15.5. The fraction of sp³-hybridized carbons (Fsp3) is 0.200. The zero-order chi connectivity index (χ0) is 20.5. The van der Waals surface area contributed by atoms with Crippen molar-refractivity contribution < 1.29 is 28.7 Å². The van der Waals surface area contributed by atoms with Gasteiger partial charge in [-0.15, -0.1) is 0 Å². The summed E-state index contributed by atoms with van der Waals surface area (Å²) in [5, 5.41) is 5.18. The van der Waals surface area contributed by atoms with Gasteiger partial charge in [0.2, 0.25) is 5.91 Å². The van der Waals surface area contributed by atoms with Crippen molar-refractivity contribution in [2.45, 2.75) is 13.8 Å². The van der Waals surface area contributed by atoms with Crippen LogP contribution < -0.4 is 15.4 Å². The molecule has 2 aromatic carbocycles. The Morgan fingerprint density at radius 1 is 0.786 bits per heavy atom. The number of Topliss-reactive ketones (excluding diaryl/α,β-unsaturated/α-hetero) is 1. The summed E-state index contributed by atoms with van der Waals surface area (Å²) in [5.41, 5.74) is 1.64. The number of hydrogen-bond donors (Lipinski definition) is 2. The maximum Gasteiger partial charge on any atom is 0.344 e. The van der Waals surface area contributed by atoms with Gasteiger partial charge in [0, 0.05) is 23.9 Å². The first-order valence-electron chi connectivity index (χ1n) is 8.40. The van der Waals surface area contributed by atoms with Crippen molar-refractivity contribution in [3.8, 4) is 5.75 Å². The maximum atomic E-state index is 11.8. The minimum Gasteiger partial charge on any atom is -0.482 e. The monoisotopic (exact) mass is 384 g/mol. The third kappa shape index (κ3) is 6.91. The van der Waals surface area contributed by atoms with E-state index < -0.39 is 18.5 Å². The van der Waals surface area contributed by atoms with Crippen LogP contribution in [-0.4, -0.2) is 36.8 Å². The number of amides is 2. The predicted octanol–water partition coefficient (Wildman–Crippen LogP) is 2.41. The minimum absolute atomic E-state index is 0.0678. The Morgan fingerprint density at radius 2 is 1.36 bits per heavy atom. The summed E-state index contributed by atoms with van der Waals surface area (Å²) >= 11 is 0. The van der Waals surface area contributed by atoms with Gasteiger partial charge in [-0.1, -0.05) is 0 Å². The normalized spacial score (nSPS) is 9.93. The molecule has 2 amide bonds. The summed E-state index contributed by atoms with van der Waals surface area (Å²) in [6.07, 6.45) is 0. The number of nitrogens with one attached hydrogen (secondary N) is 2. The van der Waals surface area contributed by atoms with Crippen LogP contribution in [0.5, 0.6) is 5.75 Å². The van der Waals surface area contributed by atoms with Crippen LogP contribution in [0.3, 0.4) is 0 Å². The molecule has 2 N–H and O–H groups in total. The molecular formula is C20H20N2O6. The van der Waals surface area contributed by atoms with Crippen molar-refractivity contribution in [3.63, 3.8) is 0 Å². The molecule has 0 aliphatic heterocycles. The maximum absolute atomic E-state index is 11.8. The first-order valence-corrected chi connectivity index (χ1v) is 8.40. The number of esters is 1. The molecule has 0 heterocycles. The zero-order valence-electron chi connectivity index (χ0n) is 15.5. The molecule has 0 spiro atoms. The second-order valence-corrected chi connectivity index (χ2v) is 5.84. The third-order valence-electron chi connectivity index (χ3n) is 3.47. The minimum atomic E-state index is -0.702. The van der Waals surface area contributed by atoms with Crippen molar-refractivity contribution in [2.24, 2.45) is 0 Å². The van der Waals surface area contributed by atoms with Crippen LogP contribution >= 0.6 is 0 Å².